The molecule has 1 heterocycles. The molecule has 0 fully saturated rings. The van der Waals surface area contributed by atoms with Gasteiger partial charge < -0.3 is 14.3 Å². The van der Waals surface area contributed by atoms with Gasteiger partial charge >= 0.3 is 11.6 Å². The van der Waals surface area contributed by atoms with Crippen molar-refractivity contribution in [2.75, 3.05) is 7.11 Å². The number of carbonyl (C=O) groups excluding carboxylic acids is 1. The van der Waals surface area contributed by atoms with Crippen LogP contribution in [0.3, 0.4) is 0 Å². The zero-order valence-corrected chi connectivity index (χ0v) is 9.45. The maximum Gasteiger partial charge on any atom is 0.351 e. The molecule has 0 radical (unpaired) electrons. The van der Waals surface area contributed by atoms with Crippen LogP contribution in [-0.4, -0.2) is 18.2 Å². The number of hydrogen-bond donors (Lipinski definition) is 1. The Morgan fingerprint density at radius 2 is 2.12 bits per heavy atom. The third kappa shape index (κ3) is 1.97. The summed E-state index contributed by atoms with van der Waals surface area (Å²) in [6.45, 7) is 0. The Bertz CT molecular complexity index is 659. The van der Waals surface area contributed by atoms with E-state index in [1.165, 1.54) is 18.2 Å². The molecule has 2 rings (SSSR count). The van der Waals surface area contributed by atoms with Gasteiger partial charge in [0.25, 0.3) is 0 Å². The van der Waals surface area contributed by atoms with Gasteiger partial charge in [0, 0.05) is 11.5 Å². The number of fused-ring (bicyclic) bond motifs is 1. The smallest absolute Gasteiger partial charge is 0.351 e. The van der Waals surface area contributed by atoms with E-state index in [-0.39, 0.29) is 21.9 Å². The van der Waals surface area contributed by atoms with E-state index in [9.17, 15) is 14.7 Å². The summed E-state index contributed by atoms with van der Waals surface area (Å²) in [6.07, 6.45) is 0. The number of benzene rings is 1. The molecule has 0 saturated heterocycles. The highest BCUT2D eigenvalue weighted by atomic mass is 35.5. The summed E-state index contributed by atoms with van der Waals surface area (Å²) < 4.78 is 9.32. The number of hydrogen-bond acceptors (Lipinski definition) is 5. The molecular formula is C11H7ClO5. The first kappa shape index (κ1) is 11.5. The lowest BCUT2D eigenvalue weighted by Gasteiger charge is -2.02. The van der Waals surface area contributed by atoms with E-state index in [0.29, 0.717) is 5.39 Å². The summed E-state index contributed by atoms with van der Waals surface area (Å²) in [5.41, 5.74) is -0.905. The van der Waals surface area contributed by atoms with Crippen LogP contribution in [0.25, 0.3) is 11.0 Å². The van der Waals surface area contributed by atoms with Crippen molar-refractivity contribution in [1.82, 2.24) is 0 Å². The Morgan fingerprint density at radius 3 is 2.76 bits per heavy atom. The summed E-state index contributed by atoms with van der Waals surface area (Å²) in [6, 6.07) is 3.90. The molecule has 0 unspecified atom stereocenters. The molecule has 1 aromatic carbocycles. The van der Waals surface area contributed by atoms with Crippen LogP contribution in [0.15, 0.2) is 27.4 Å². The van der Waals surface area contributed by atoms with E-state index < -0.39 is 11.6 Å². The Balaban J connectivity index is 2.76. The normalized spacial score (nSPS) is 10.5. The predicted octanol–water partition coefficient (Wildman–Crippen LogP) is 1.94. The molecule has 0 spiro atoms. The van der Waals surface area contributed by atoms with E-state index in [1.807, 2.05) is 0 Å². The fourth-order valence-corrected chi connectivity index (χ4v) is 1.55. The Morgan fingerprint density at radius 1 is 1.41 bits per heavy atom. The molecule has 0 aliphatic heterocycles. The van der Waals surface area contributed by atoms with Gasteiger partial charge in [0.2, 0.25) is 0 Å². The number of esters is 1. The Labute approximate surface area is 100 Å². The zero-order valence-electron chi connectivity index (χ0n) is 8.69. The summed E-state index contributed by atoms with van der Waals surface area (Å²) in [5, 5.41) is 9.87. The van der Waals surface area contributed by atoms with Crippen molar-refractivity contribution in [2.24, 2.45) is 0 Å². The second-order valence-corrected chi connectivity index (χ2v) is 3.69. The van der Waals surface area contributed by atoms with Crippen LogP contribution in [0.2, 0.25) is 5.02 Å². The first-order valence-electron chi connectivity index (χ1n) is 4.57. The van der Waals surface area contributed by atoms with Gasteiger partial charge in [0.1, 0.15) is 16.9 Å². The van der Waals surface area contributed by atoms with Crippen molar-refractivity contribution in [3.05, 3.63) is 39.2 Å². The third-order valence-electron chi connectivity index (χ3n) is 2.21. The van der Waals surface area contributed by atoms with Crippen molar-refractivity contribution in [1.29, 1.82) is 0 Å². The topological polar surface area (TPSA) is 76.7 Å². The highest BCUT2D eigenvalue weighted by molar-refractivity contribution is 6.32. The van der Waals surface area contributed by atoms with Gasteiger partial charge in [-0.1, -0.05) is 11.6 Å². The van der Waals surface area contributed by atoms with E-state index in [4.69, 9.17) is 16.0 Å². The highest BCUT2D eigenvalue weighted by Crippen LogP contribution is 2.28. The molecule has 0 amide bonds. The third-order valence-corrected chi connectivity index (χ3v) is 2.51. The van der Waals surface area contributed by atoms with Gasteiger partial charge in [-0.3, -0.25) is 0 Å². The summed E-state index contributed by atoms with van der Waals surface area (Å²) in [7, 11) is 1.16. The monoisotopic (exact) mass is 254 g/mol. The molecule has 1 aromatic heterocycles. The van der Waals surface area contributed by atoms with E-state index in [2.05, 4.69) is 4.74 Å². The van der Waals surface area contributed by atoms with Crippen LogP contribution in [0.1, 0.15) is 10.4 Å². The number of methoxy groups -OCH3 is 1. The van der Waals surface area contributed by atoms with Crippen molar-refractivity contribution in [2.45, 2.75) is 0 Å². The quantitative estimate of drug-likeness (QED) is 0.622. The summed E-state index contributed by atoms with van der Waals surface area (Å²) >= 11 is 5.71. The first-order chi connectivity index (χ1) is 8.02. The van der Waals surface area contributed by atoms with Crippen LogP contribution in [0.4, 0.5) is 0 Å². The van der Waals surface area contributed by atoms with E-state index >= 15 is 0 Å². The second kappa shape index (κ2) is 4.10. The average molecular weight is 255 g/mol. The fraction of sp³-hybridized carbons (Fsp3) is 0.0909. The molecule has 0 aliphatic rings. The lowest BCUT2D eigenvalue weighted by Crippen LogP contribution is -2.14. The van der Waals surface area contributed by atoms with Crippen molar-refractivity contribution >= 4 is 28.5 Å². The van der Waals surface area contributed by atoms with Gasteiger partial charge in [-0.25, -0.2) is 9.59 Å². The Kier molecular flexibility index (Phi) is 2.77. The number of rotatable bonds is 1. The molecule has 5 nitrogen and oxygen atoms in total. The minimum absolute atomic E-state index is 0.0992. The predicted molar refractivity (Wildman–Crippen MR) is 60.5 cm³/mol. The van der Waals surface area contributed by atoms with Gasteiger partial charge in [0.05, 0.1) is 12.1 Å². The standard InChI is InChI=1S/C11H7ClO5/c1-16-10(14)6-2-5-3-7(12)8(13)4-9(5)17-11(6)15/h2-4,13H,1H3. The minimum atomic E-state index is -0.828. The van der Waals surface area contributed by atoms with E-state index in [0.717, 1.165) is 7.11 Å². The molecule has 0 bridgehead atoms. The van der Waals surface area contributed by atoms with Gasteiger partial charge in [-0.15, -0.1) is 0 Å². The molecule has 2 aromatic rings. The average Bonchev–Trinajstić information content (AvgIpc) is 2.30. The lowest BCUT2D eigenvalue weighted by atomic mass is 10.2. The number of aromatic hydroxyl groups is 1. The second-order valence-electron chi connectivity index (χ2n) is 3.28. The van der Waals surface area contributed by atoms with Crippen molar-refractivity contribution in [3.63, 3.8) is 0 Å². The maximum atomic E-state index is 11.4. The molecule has 6 heteroatoms. The van der Waals surface area contributed by atoms with Crippen LogP contribution < -0.4 is 5.63 Å². The summed E-state index contributed by atoms with van der Waals surface area (Å²) in [5.74, 6) is -0.988. The fourth-order valence-electron chi connectivity index (χ4n) is 1.38. The van der Waals surface area contributed by atoms with Crippen molar-refractivity contribution in [3.8, 4) is 5.75 Å². The molecule has 17 heavy (non-hydrogen) atoms. The highest BCUT2D eigenvalue weighted by Gasteiger charge is 2.14. The zero-order chi connectivity index (χ0) is 12.6. The SMILES string of the molecule is COC(=O)c1cc2cc(Cl)c(O)cc2oc1=O. The number of carbonyl (C=O) groups is 1. The molecule has 88 valence electrons. The van der Waals surface area contributed by atoms with Crippen LogP contribution >= 0.6 is 11.6 Å². The maximum absolute atomic E-state index is 11.4. The minimum Gasteiger partial charge on any atom is -0.506 e. The van der Waals surface area contributed by atoms with Gasteiger partial charge in [-0.2, -0.15) is 0 Å². The molecular weight excluding hydrogens is 248 g/mol. The van der Waals surface area contributed by atoms with Crippen LogP contribution in [0, 0.1) is 0 Å². The van der Waals surface area contributed by atoms with E-state index in [1.54, 1.807) is 0 Å². The van der Waals surface area contributed by atoms with Gasteiger partial charge in [-0.05, 0) is 12.1 Å². The van der Waals surface area contributed by atoms with Crippen molar-refractivity contribution < 1.29 is 19.1 Å². The first-order valence-corrected chi connectivity index (χ1v) is 4.95. The largest absolute Gasteiger partial charge is 0.506 e. The molecule has 0 saturated carbocycles. The number of phenolic OH excluding ortho intramolecular Hbond substituents is 1. The number of halogens is 1. The lowest BCUT2D eigenvalue weighted by molar-refractivity contribution is 0.0596. The molecule has 0 atom stereocenters. The number of phenols is 1. The number of ether oxygens (including phenoxy) is 1. The summed E-state index contributed by atoms with van der Waals surface area (Å²) in [4.78, 5) is 22.7. The molecule has 0 aliphatic carbocycles. The van der Waals surface area contributed by atoms with Crippen LogP contribution in [-0.2, 0) is 4.74 Å². The van der Waals surface area contributed by atoms with Crippen LogP contribution in [0.5, 0.6) is 5.75 Å². The molecule has 1 N–H and O–H groups in total. The Hall–Kier alpha value is -2.01. The van der Waals surface area contributed by atoms with Gasteiger partial charge in [0.15, 0.2) is 0 Å².